The molecule has 1 aromatic heterocycles. The summed E-state index contributed by atoms with van der Waals surface area (Å²) in [4.78, 5) is 4.50. The van der Waals surface area contributed by atoms with E-state index >= 15 is 0 Å². The lowest BCUT2D eigenvalue weighted by molar-refractivity contribution is 0.902. The lowest BCUT2D eigenvalue weighted by atomic mass is 10.1. The first-order valence-electron chi connectivity index (χ1n) is 5.84. The van der Waals surface area contributed by atoms with Crippen LogP contribution in [0.2, 0.25) is 0 Å². The molecule has 0 aliphatic heterocycles. The van der Waals surface area contributed by atoms with Gasteiger partial charge in [-0.3, -0.25) is 5.10 Å². The van der Waals surface area contributed by atoms with Crippen LogP contribution in [0.1, 0.15) is 42.4 Å². The highest BCUT2D eigenvalue weighted by Crippen LogP contribution is 2.53. The Morgan fingerprint density at radius 1 is 1.25 bits per heavy atom. The van der Waals surface area contributed by atoms with Crippen molar-refractivity contribution in [2.45, 2.75) is 31.6 Å². The average Bonchev–Trinajstić information content (AvgIpc) is 3.01. The molecule has 3 nitrogen and oxygen atoms in total. The maximum atomic E-state index is 4.50. The first kappa shape index (κ1) is 9.58. The highest BCUT2D eigenvalue weighted by molar-refractivity contribution is 5.30. The SMILES string of the molecule is CCc1nc(C2CC2c2ccccc2)n[nH]1. The number of nitrogens with one attached hydrogen (secondary N) is 1. The molecule has 1 aliphatic carbocycles. The monoisotopic (exact) mass is 213 g/mol. The molecule has 1 heterocycles. The largest absolute Gasteiger partial charge is 0.263 e. The van der Waals surface area contributed by atoms with Crippen molar-refractivity contribution in [2.24, 2.45) is 0 Å². The van der Waals surface area contributed by atoms with E-state index in [0.29, 0.717) is 11.8 Å². The minimum Gasteiger partial charge on any atom is -0.263 e. The van der Waals surface area contributed by atoms with Gasteiger partial charge in [-0.15, -0.1) is 0 Å². The Labute approximate surface area is 94.9 Å². The summed E-state index contributed by atoms with van der Waals surface area (Å²) in [5.74, 6) is 3.14. The summed E-state index contributed by atoms with van der Waals surface area (Å²) in [5, 5.41) is 7.28. The molecule has 16 heavy (non-hydrogen) atoms. The molecule has 0 spiro atoms. The van der Waals surface area contributed by atoms with Crippen LogP contribution in [-0.2, 0) is 6.42 Å². The van der Waals surface area contributed by atoms with E-state index in [4.69, 9.17) is 0 Å². The van der Waals surface area contributed by atoms with Crippen molar-refractivity contribution in [1.29, 1.82) is 0 Å². The van der Waals surface area contributed by atoms with Gasteiger partial charge in [-0.1, -0.05) is 37.3 Å². The molecule has 82 valence electrons. The molecule has 0 bridgehead atoms. The fourth-order valence-corrected chi connectivity index (χ4v) is 2.18. The van der Waals surface area contributed by atoms with Crippen molar-refractivity contribution in [2.75, 3.05) is 0 Å². The molecular formula is C13H15N3. The van der Waals surface area contributed by atoms with Gasteiger partial charge in [0.1, 0.15) is 5.82 Å². The molecule has 1 aromatic carbocycles. The zero-order valence-electron chi connectivity index (χ0n) is 9.35. The topological polar surface area (TPSA) is 41.6 Å². The minimum atomic E-state index is 0.527. The van der Waals surface area contributed by atoms with E-state index in [1.807, 2.05) is 0 Å². The fourth-order valence-electron chi connectivity index (χ4n) is 2.18. The summed E-state index contributed by atoms with van der Waals surface area (Å²) in [6.45, 7) is 2.09. The number of benzene rings is 1. The Hall–Kier alpha value is -1.64. The van der Waals surface area contributed by atoms with Gasteiger partial charge in [0.2, 0.25) is 0 Å². The van der Waals surface area contributed by atoms with Crippen LogP contribution in [0.15, 0.2) is 30.3 Å². The first-order chi connectivity index (χ1) is 7.88. The number of aromatic nitrogens is 3. The number of nitrogens with zero attached hydrogens (tertiary/aromatic N) is 2. The molecular weight excluding hydrogens is 198 g/mol. The summed E-state index contributed by atoms with van der Waals surface area (Å²) >= 11 is 0. The molecule has 2 atom stereocenters. The van der Waals surface area contributed by atoms with Crippen LogP contribution >= 0.6 is 0 Å². The van der Waals surface area contributed by atoms with Crippen molar-refractivity contribution in [3.05, 3.63) is 47.5 Å². The number of aromatic amines is 1. The Kier molecular flexibility index (Phi) is 2.24. The molecule has 0 radical (unpaired) electrons. The highest BCUT2D eigenvalue weighted by atomic mass is 15.2. The van der Waals surface area contributed by atoms with Gasteiger partial charge in [0, 0.05) is 12.3 Å². The van der Waals surface area contributed by atoms with Crippen molar-refractivity contribution in [3.63, 3.8) is 0 Å². The standard InChI is InChI=1S/C13H15N3/c1-2-12-14-13(16-15-12)11-8-10(11)9-6-4-3-5-7-9/h3-7,10-11H,2,8H2,1H3,(H,14,15,16). The zero-order valence-corrected chi connectivity index (χ0v) is 9.35. The van der Waals surface area contributed by atoms with Gasteiger partial charge in [0.15, 0.2) is 5.82 Å². The Balaban J connectivity index is 1.76. The molecule has 3 heteroatoms. The molecule has 1 N–H and O–H groups in total. The van der Waals surface area contributed by atoms with Gasteiger partial charge >= 0.3 is 0 Å². The number of aryl methyl sites for hydroxylation is 1. The molecule has 2 aromatic rings. The van der Waals surface area contributed by atoms with Gasteiger partial charge in [0.05, 0.1) is 0 Å². The molecule has 1 saturated carbocycles. The predicted octanol–water partition coefficient (Wildman–Crippen LogP) is 2.64. The summed E-state index contributed by atoms with van der Waals surface area (Å²) in [6, 6.07) is 10.6. The van der Waals surface area contributed by atoms with Crippen LogP contribution in [0.3, 0.4) is 0 Å². The summed E-state index contributed by atoms with van der Waals surface area (Å²) in [7, 11) is 0. The number of hydrogen-bond donors (Lipinski definition) is 1. The smallest absolute Gasteiger partial charge is 0.154 e. The maximum absolute atomic E-state index is 4.50. The van der Waals surface area contributed by atoms with Gasteiger partial charge in [-0.25, -0.2) is 4.98 Å². The lowest BCUT2D eigenvalue weighted by Crippen LogP contribution is -1.87. The van der Waals surface area contributed by atoms with Crippen LogP contribution in [0.5, 0.6) is 0 Å². The molecule has 1 aliphatic rings. The van der Waals surface area contributed by atoms with E-state index in [1.54, 1.807) is 0 Å². The second-order valence-corrected chi connectivity index (χ2v) is 4.35. The summed E-state index contributed by atoms with van der Waals surface area (Å²) in [6.07, 6.45) is 2.11. The Morgan fingerprint density at radius 2 is 2.06 bits per heavy atom. The molecule has 1 fully saturated rings. The third-order valence-electron chi connectivity index (χ3n) is 3.23. The zero-order chi connectivity index (χ0) is 11.0. The second-order valence-electron chi connectivity index (χ2n) is 4.35. The van der Waals surface area contributed by atoms with E-state index in [0.717, 1.165) is 18.1 Å². The third-order valence-corrected chi connectivity index (χ3v) is 3.23. The maximum Gasteiger partial charge on any atom is 0.154 e. The molecule has 3 rings (SSSR count). The van der Waals surface area contributed by atoms with Crippen LogP contribution in [0.25, 0.3) is 0 Å². The summed E-state index contributed by atoms with van der Waals surface area (Å²) < 4.78 is 0. The van der Waals surface area contributed by atoms with Crippen molar-refractivity contribution in [1.82, 2.24) is 15.2 Å². The van der Waals surface area contributed by atoms with Gasteiger partial charge in [-0.05, 0) is 17.9 Å². The molecule has 0 amide bonds. The van der Waals surface area contributed by atoms with Crippen LogP contribution in [0.4, 0.5) is 0 Å². The lowest BCUT2D eigenvalue weighted by Gasteiger charge is -1.96. The van der Waals surface area contributed by atoms with Crippen molar-refractivity contribution < 1.29 is 0 Å². The van der Waals surface area contributed by atoms with Crippen LogP contribution in [0, 0.1) is 0 Å². The predicted molar refractivity (Wildman–Crippen MR) is 62.3 cm³/mol. The third kappa shape index (κ3) is 1.62. The summed E-state index contributed by atoms with van der Waals surface area (Å²) in [5.41, 5.74) is 1.41. The van der Waals surface area contributed by atoms with Gasteiger partial charge in [-0.2, -0.15) is 5.10 Å². The number of hydrogen-bond acceptors (Lipinski definition) is 2. The van der Waals surface area contributed by atoms with E-state index in [-0.39, 0.29) is 0 Å². The molecule has 2 unspecified atom stereocenters. The highest BCUT2D eigenvalue weighted by Gasteiger charge is 2.42. The number of H-pyrrole nitrogens is 1. The minimum absolute atomic E-state index is 0.527. The van der Waals surface area contributed by atoms with Crippen molar-refractivity contribution in [3.8, 4) is 0 Å². The molecule has 0 saturated heterocycles. The van der Waals surface area contributed by atoms with Crippen molar-refractivity contribution >= 4 is 0 Å². The van der Waals surface area contributed by atoms with E-state index < -0.39 is 0 Å². The average molecular weight is 213 g/mol. The van der Waals surface area contributed by atoms with E-state index in [9.17, 15) is 0 Å². The normalized spacial score (nSPS) is 23.3. The van der Waals surface area contributed by atoms with E-state index in [1.165, 1.54) is 12.0 Å². The van der Waals surface area contributed by atoms with Gasteiger partial charge < -0.3 is 0 Å². The second kappa shape index (κ2) is 3.74. The Bertz CT molecular complexity index is 475. The van der Waals surface area contributed by atoms with Crippen LogP contribution < -0.4 is 0 Å². The number of rotatable bonds is 3. The Morgan fingerprint density at radius 3 is 2.75 bits per heavy atom. The van der Waals surface area contributed by atoms with E-state index in [2.05, 4.69) is 52.4 Å². The first-order valence-corrected chi connectivity index (χ1v) is 5.84. The fraction of sp³-hybridized carbons (Fsp3) is 0.385. The van der Waals surface area contributed by atoms with Gasteiger partial charge in [0.25, 0.3) is 0 Å². The quantitative estimate of drug-likeness (QED) is 0.851. The van der Waals surface area contributed by atoms with Crippen LogP contribution in [-0.4, -0.2) is 15.2 Å².